The zero-order chi connectivity index (χ0) is 26.1. The molecule has 8 rings (SSSR count). The van der Waals surface area contributed by atoms with E-state index in [4.69, 9.17) is 18.5 Å². The fourth-order valence-electron chi connectivity index (χ4n) is 7.68. The average molecular weight is 513 g/mol. The summed E-state index contributed by atoms with van der Waals surface area (Å²) in [5, 5.41) is 4.37. The lowest BCUT2D eigenvalue weighted by atomic mass is 9.43. The van der Waals surface area contributed by atoms with Gasteiger partial charge in [-0.15, -0.1) is 0 Å². The summed E-state index contributed by atoms with van der Waals surface area (Å²) in [6.07, 6.45) is 6.96. The number of rotatable bonds is 6. The second kappa shape index (κ2) is 8.89. The molecule has 3 aromatic rings. The molecule has 5 aliphatic rings. The zero-order valence-electron chi connectivity index (χ0n) is 22.5. The largest absolute Gasteiger partial charge is 0.493 e. The summed E-state index contributed by atoms with van der Waals surface area (Å²) in [6, 6.07) is 14.1. The first-order valence-corrected chi connectivity index (χ1v) is 14.1. The number of benzene rings is 2. The highest BCUT2D eigenvalue weighted by atomic mass is 16.7. The van der Waals surface area contributed by atoms with Crippen molar-refractivity contribution in [3.63, 3.8) is 0 Å². The van der Waals surface area contributed by atoms with Gasteiger partial charge in [0.2, 0.25) is 5.91 Å². The molecule has 5 atom stereocenters. The van der Waals surface area contributed by atoms with E-state index in [1.807, 2.05) is 30.3 Å². The maximum atomic E-state index is 13.4. The van der Waals surface area contributed by atoms with Gasteiger partial charge < -0.3 is 23.8 Å². The topological polar surface area (TPSA) is 69.9 Å². The van der Waals surface area contributed by atoms with Crippen LogP contribution in [0.2, 0.25) is 0 Å². The molecule has 3 saturated carbocycles. The van der Waals surface area contributed by atoms with Crippen molar-refractivity contribution < 1.29 is 23.3 Å². The van der Waals surface area contributed by atoms with E-state index in [1.54, 1.807) is 6.26 Å². The molecular weight excluding hydrogens is 477 g/mol. The maximum absolute atomic E-state index is 13.4. The van der Waals surface area contributed by atoms with E-state index >= 15 is 0 Å². The number of ether oxygens (including phenoxy) is 1. The molecule has 6 nitrogen and oxygen atoms in total. The molecule has 3 aliphatic carbocycles. The summed E-state index contributed by atoms with van der Waals surface area (Å²) in [6.45, 7) is 7.72. The molecule has 38 heavy (non-hydrogen) atoms. The van der Waals surface area contributed by atoms with E-state index < -0.39 is 7.12 Å². The van der Waals surface area contributed by atoms with E-state index in [-0.39, 0.29) is 29.0 Å². The van der Waals surface area contributed by atoms with Crippen molar-refractivity contribution >= 4 is 24.0 Å². The number of aryl methyl sites for hydroxylation is 1. The highest BCUT2D eigenvalue weighted by Gasteiger charge is 2.68. The number of fused-ring (bicyclic) bond motifs is 2. The third-order valence-electron chi connectivity index (χ3n) is 9.98. The minimum absolute atomic E-state index is 0.0312. The standard InChI is InChI=1S/C31H36BNO5/c1-30(2)22-16-26(30)31(3)27(17-22)37-32(38-31)28(15-21-18-36-25-9-5-4-8-23(21)25)33-29(34)14-19-10-11-24-20(13-19)7-6-12-35-24/h4-5,8-11,13,18,22,26-28H,6-7,12,14-17H2,1-3H3,(H,33,34)/t22-,26-,27+,28-,31-/m0/s1. The van der Waals surface area contributed by atoms with Gasteiger partial charge in [-0.2, -0.15) is 0 Å². The Bertz CT molecular complexity index is 1380. The van der Waals surface area contributed by atoms with Crippen LogP contribution in [0.1, 0.15) is 56.7 Å². The summed E-state index contributed by atoms with van der Waals surface area (Å²) in [5.74, 6) is 1.72. The molecule has 3 heterocycles. The third-order valence-corrected chi connectivity index (χ3v) is 9.98. The number of amides is 1. The smallest absolute Gasteiger partial charge is 0.482 e. The zero-order valence-corrected chi connectivity index (χ0v) is 22.5. The highest BCUT2D eigenvalue weighted by Crippen LogP contribution is 2.65. The van der Waals surface area contributed by atoms with E-state index in [2.05, 4.69) is 38.2 Å². The predicted molar refractivity (Wildman–Crippen MR) is 146 cm³/mol. The Morgan fingerprint density at radius 2 is 2.03 bits per heavy atom. The normalized spacial score (nSPS) is 29.7. The number of carbonyl (C=O) groups excluding carboxylic acids is 1. The molecule has 1 N–H and O–H groups in total. The Labute approximate surface area is 224 Å². The van der Waals surface area contributed by atoms with Gasteiger partial charge in [0.05, 0.1) is 36.9 Å². The van der Waals surface area contributed by atoms with Crippen LogP contribution in [0.25, 0.3) is 11.0 Å². The first-order valence-electron chi connectivity index (χ1n) is 14.1. The number of hydrogen-bond acceptors (Lipinski definition) is 5. The fourth-order valence-corrected chi connectivity index (χ4v) is 7.68. The molecule has 0 radical (unpaired) electrons. The molecule has 2 aromatic carbocycles. The summed E-state index contributed by atoms with van der Waals surface area (Å²) < 4.78 is 25.0. The van der Waals surface area contributed by atoms with Crippen molar-refractivity contribution in [2.24, 2.45) is 17.3 Å². The van der Waals surface area contributed by atoms with Gasteiger partial charge in [-0.1, -0.05) is 44.2 Å². The second-order valence-electron chi connectivity index (χ2n) is 12.5. The van der Waals surface area contributed by atoms with Crippen molar-refractivity contribution in [2.75, 3.05) is 6.61 Å². The van der Waals surface area contributed by atoms with Gasteiger partial charge in [0.1, 0.15) is 11.3 Å². The van der Waals surface area contributed by atoms with Gasteiger partial charge in [0.25, 0.3) is 0 Å². The van der Waals surface area contributed by atoms with Gasteiger partial charge >= 0.3 is 7.12 Å². The molecule has 2 bridgehead atoms. The summed E-state index contributed by atoms with van der Waals surface area (Å²) >= 11 is 0. The van der Waals surface area contributed by atoms with Crippen LogP contribution in [0.5, 0.6) is 5.75 Å². The second-order valence-corrected chi connectivity index (χ2v) is 12.5. The Hall–Kier alpha value is -2.77. The number of para-hydroxylation sites is 1. The Kier molecular flexibility index (Phi) is 5.68. The van der Waals surface area contributed by atoms with Crippen molar-refractivity contribution in [1.82, 2.24) is 5.32 Å². The molecule has 198 valence electrons. The van der Waals surface area contributed by atoms with Crippen LogP contribution < -0.4 is 10.1 Å². The molecule has 0 unspecified atom stereocenters. The van der Waals surface area contributed by atoms with Crippen molar-refractivity contribution in [2.45, 2.75) is 76.9 Å². The lowest BCUT2D eigenvalue weighted by Crippen LogP contribution is -2.65. The van der Waals surface area contributed by atoms with Crippen LogP contribution in [-0.4, -0.2) is 37.3 Å². The third kappa shape index (κ3) is 3.89. The average Bonchev–Trinajstić information content (AvgIpc) is 3.48. The predicted octanol–water partition coefficient (Wildman–Crippen LogP) is 5.30. The van der Waals surface area contributed by atoms with E-state index in [0.717, 1.165) is 53.7 Å². The van der Waals surface area contributed by atoms with Crippen LogP contribution in [0.3, 0.4) is 0 Å². The summed E-state index contributed by atoms with van der Waals surface area (Å²) in [7, 11) is -0.505. The molecular formula is C31H36BNO5. The monoisotopic (exact) mass is 513 g/mol. The van der Waals surface area contributed by atoms with Crippen LogP contribution in [0.15, 0.2) is 53.1 Å². The first kappa shape index (κ1) is 24.3. The van der Waals surface area contributed by atoms with Gasteiger partial charge in [-0.25, -0.2) is 0 Å². The molecule has 2 aliphatic heterocycles. The van der Waals surface area contributed by atoms with E-state index in [1.165, 1.54) is 12.0 Å². The lowest BCUT2D eigenvalue weighted by Gasteiger charge is -2.64. The van der Waals surface area contributed by atoms with E-state index in [9.17, 15) is 4.79 Å². The fraction of sp³-hybridized carbons (Fsp3) is 0.516. The Balaban J connectivity index is 1.13. The SMILES string of the molecule is CC1(C)[C@@H]2C[C@H]3OB([C@H](Cc4coc5ccccc45)NC(=O)Cc4ccc5c(c4)CCCO5)O[C@@]3(C)[C@H]1C2. The van der Waals surface area contributed by atoms with Crippen molar-refractivity contribution in [3.05, 3.63) is 65.4 Å². The Morgan fingerprint density at radius 1 is 1.16 bits per heavy atom. The minimum atomic E-state index is -0.505. The minimum Gasteiger partial charge on any atom is -0.493 e. The quantitative estimate of drug-likeness (QED) is 0.454. The van der Waals surface area contributed by atoms with Crippen molar-refractivity contribution in [3.8, 4) is 5.75 Å². The number of hydrogen-bond donors (Lipinski definition) is 1. The van der Waals surface area contributed by atoms with Crippen LogP contribution in [0.4, 0.5) is 0 Å². The van der Waals surface area contributed by atoms with Crippen molar-refractivity contribution in [1.29, 1.82) is 0 Å². The van der Waals surface area contributed by atoms with E-state index in [0.29, 0.717) is 24.7 Å². The molecule has 7 heteroatoms. The van der Waals surface area contributed by atoms with Gasteiger partial charge in [0, 0.05) is 5.39 Å². The van der Waals surface area contributed by atoms with Crippen LogP contribution in [0, 0.1) is 17.3 Å². The van der Waals surface area contributed by atoms with Crippen LogP contribution >= 0.6 is 0 Å². The highest BCUT2D eigenvalue weighted by molar-refractivity contribution is 6.48. The summed E-state index contributed by atoms with van der Waals surface area (Å²) in [5.41, 5.74) is 4.01. The van der Waals surface area contributed by atoms with Crippen LogP contribution in [-0.2, 0) is 33.4 Å². The van der Waals surface area contributed by atoms with Gasteiger partial charge in [0.15, 0.2) is 0 Å². The molecule has 1 saturated heterocycles. The molecule has 1 amide bonds. The molecule has 1 aromatic heterocycles. The first-order chi connectivity index (χ1) is 18.3. The van der Waals surface area contributed by atoms with Gasteiger partial charge in [-0.05, 0) is 85.1 Å². The summed E-state index contributed by atoms with van der Waals surface area (Å²) in [4.78, 5) is 13.4. The molecule has 0 spiro atoms. The van der Waals surface area contributed by atoms with Gasteiger partial charge in [-0.3, -0.25) is 4.79 Å². The Morgan fingerprint density at radius 3 is 2.89 bits per heavy atom. The lowest BCUT2D eigenvalue weighted by molar-refractivity contribution is -0.199. The number of nitrogens with one attached hydrogen (secondary N) is 1. The maximum Gasteiger partial charge on any atom is 0.482 e. The molecule has 4 fully saturated rings. The number of carbonyl (C=O) groups is 1. The number of furan rings is 1.